The maximum Gasteiger partial charge on any atom is 0.350 e. The first-order valence-electron chi connectivity index (χ1n) is 11.8. The molecule has 180 valence electrons. The fraction of sp³-hybridized carbons (Fsp3) is 0.308. The van der Waals surface area contributed by atoms with Crippen molar-refractivity contribution in [1.82, 2.24) is 19.2 Å². The van der Waals surface area contributed by atoms with Crippen molar-refractivity contribution >= 4 is 28.7 Å². The molecule has 1 N–H and O–H groups in total. The largest absolute Gasteiger partial charge is 0.368 e. The van der Waals surface area contributed by atoms with Gasteiger partial charge in [-0.1, -0.05) is 36.4 Å². The summed E-state index contributed by atoms with van der Waals surface area (Å²) in [5.74, 6) is 0.359. The summed E-state index contributed by atoms with van der Waals surface area (Å²) >= 11 is 0. The lowest BCUT2D eigenvalue weighted by Gasteiger charge is -2.37. The molecule has 4 aromatic rings. The summed E-state index contributed by atoms with van der Waals surface area (Å²) < 4.78 is 2.66. The summed E-state index contributed by atoms with van der Waals surface area (Å²) in [4.78, 5) is 34.8. The van der Waals surface area contributed by atoms with Crippen molar-refractivity contribution in [1.29, 1.82) is 0 Å². The summed E-state index contributed by atoms with van der Waals surface area (Å²) in [6, 6.07) is 14.2. The molecule has 0 saturated carbocycles. The molecule has 35 heavy (non-hydrogen) atoms. The molecule has 1 saturated heterocycles. The topological polar surface area (TPSA) is 87.8 Å². The van der Waals surface area contributed by atoms with E-state index in [4.69, 9.17) is 0 Å². The first-order chi connectivity index (χ1) is 16.9. The van der Waals surface area contributed by atoms with Gasteiger partial charge in [-0.2, -0.15) is 0 Å². The molecule has 0 spiro atoms. The number of para-hydroxylation sites is 2. The van der Waals surface area contributed by atoms with Crippen LogP contribution in [0.4, 0.5) is 17.2 Å². The van der Waals surface area contributed by atoms with Crippen LogP contribution in [0.2, 0.25) is 0 Å². The van der Waals surface area contributed by atoms with Crippen LogP contribution in [-0.4, -0.2) is 51.3 Å². The maximum absolute atomic E-state index is 13.0. The molecule has 2 aromatic carbocycles. The van der Waals surface area contributed by atoms with E-state index in [0.29, 0.717) is 11.5 Å². The van der Waals surface area contributed by atoms with Crippen molar-refractivity contribution in [2.24, 2.45) is 0 Å². The second-order valence-corrected chi connectivity index (χ2v) is 8.96. The molecule has 1 fully saturated rings. The SMILES string of the molecule is Cc1ccccc1N1CCN(c2nccn3c(=O)n(CC(=O)Nc4c(C)cccc4C)nc23)CC1. The number of anilines is 3. The minimum atomic E-state index is -0.362. The average molecular weight is 472 g/mol. The third kappa shape index (κ3) is 4.37. The van der Waals surface area contributed by atoms with E-state index >= 15 is 0 Å². The van der Waals surface area contributed by atoms with Crippen LogP contribution in [0.15, 0.2) is 59.7 Å². The predicted molar refractivity (Wildman–Crippen MR) is 137 cm³/mol. The van der Waals surface area contributed by atoms with E-state index in [1.165, 1.54) is 20.3 Å². The lowest BCUT2D eigenvalue weighted by Crippen LogP contribution is -2.47. The number of piperazine rings is 1. The Morgan fingerprint density at radius 1 is 0.914 bits per heavy atom. The van der Waals surface area contributed by atoms with Gasteiger partial charge in [0.25, 0.3) is 0 Å². The minimum absolute atomic E-state index is 0.172. The van der Waals surface area contributed by atoms with Crippen molar-refractivity contribution in [2.45, 2.75) is 27.3 Å². The monoisotopic (exact) mass is 471 g/mol. The lowest BCUT2D eigenvalue weighted by molar-refractivity contribution is -0.117. The molecule has 0 unspecified atom stereocenters. The van der Waals surface area contributed by atoms with Crippen LogP contribution in [0.5, 0.6) is 0 Å². The van der Waals surface area contributed by atoms with Gasteiger partial charge in [-0.25, -0.2) is 18.9 Å². The van der Waals surface area contributed by atoms with Gasteiger partial charge in [0.15, 0.2) is 5.82 Å². The van der Waals surface area contributed by atoms with E-state index in [-0.39, 0.29) is 18.1 Å². The number of fused-ring (bicyclic) bond motifs is 1. The number of nitrogens with zero attached hydrogens (tertiary/aromatic N) is 6. The summed E-state index contributed by atoms with van der Waals surface area (Å²) in [7, 11) is 0. The van der Waals surface area contributed by atoms with Crippen LogP contribution >= 0.6 is 0 Å². The zero-order chi connectivity index (χ0) is 24.5. The van der Waals surface area contributed by atoms with Crippen LogP contribution in [0.3, 0.4) is 0 Å². The Balaban J connectivity index is 1.35. The number of amides is 1. The number of nitrogens with one attached hydrogen (secondary N) is 1. The van der Waals surface area contributed by atoms with Crippen LogP contribution in [0, 0.1) is 20.8 Å². The second kappa shape index (κ2) is 9.25. The predicted octanol–water partition coefficient (Wildman–Crippen LogP) is 2.78. The lowest BCUT2D eigenvalue weighted by atomic mass is 10.1. The Labute approximate surface area is 203 Å². The molecule has 1 aliphatic rings. The standard InChI is InChI=1S/C26H29N7O2/c1-18-7-4-5-10-21(18)30-13-15-31(16-14-30)24-25-29-33(26(35)32(25)12-11-27-24)17-22(34)28-23-19(2)8-6-9-20(23)3/h4-12H,13-17H2,1-3H3,(H,28,34). The Morgan fingerprint density at radius 2 is 1.57 bits per heavy atom. The van der Waals surface area contributed by atoms with Crippen LogP contribution in [-0.2, 0) is 11.3 Å². The van der Waals surface area contributed by atoms with Gasteiger partial charge < -0.3 is 15.1 Å². The molecule has 3 heterocycles. The van der Waals surface area contributed by atoms with E-state index < -0.39 is 0 Å². The fourth-order valence-corrected chi connectivity index (χ4v) is 4.67. The zero-order valence-corrected chi connectivity index (χ0v) is 20.2. The first-order valence-corrected chi connectivity index (χ1v) is 11.8. The number of hydrogen-bond acceptors (Lipinski definition) is 6. The summed E-state index contributed by atoms with van der Waals surface area (Å²) in [5.41, 5.74) is 5.30. The van der Waals surface area contributed by atoms with Gasteiger partial charge >= 0.3 is 5.69 Å². The Kier molecular flexibility index (Phi) is 5.98. The number of aryl methyl sites for hydroxylation is 3. The molecule has 0 aliphatic carbocycles. The molecule has 0 atom stereocenters. The third-order valence-electron chi connectivity index (χ3n) is 6.56. The molecular formula is C26H29N7O2. The fourth-order valence-electron chi connectivity index (χ4n) is 4.67. The van der Waals surface area contributed by atoms with E-state index in [1.807, 2.05) is 32.0 Å². The van der Waals surface area contributed by atoms with Crippen molar-refractivity contribution in [2.75, 3.05) is 41.3 Å². The molecule has 5 rings (SSSR count). The van der Waals surface area contributed by atoms with Crippen LogP contribution in [0.1, 0.15) is 16.7 Å². The van der Waals surface area contributed by atoms with Gasteiger partial charge in [0.05, 0.1) is 0 Å². The summed E-state index contributed by atoms with van der Waals surface area (Å²) in [6.07, 6.45) is 3.21. The minimum Gasteiger partial charge on any atom is -0.368 e. The number of benzene rings is 2. The molecule has 2 aromatic heterocycles. The van der Waals surface area contributed by atoms with Crippen molar-refractivity contribution < 1.29 is 4.79 Å². The Morgan fingerprint density at radius 3 is 2.29 bits per heavy atom. The molecule has 1 amide bonds. The molecule has 1 aliphatic heterocycles. The average Bonchev–Trinajstić information content (AvgIpc) is 3.17. The number of carbonyl (C=O) groups is 1. The van der Waals surface area contributed by atoms with Gasteiger partial charge in [0, 0.05) is 49.9 Å². The highest BCUT2D eigenvalue weighted by molar-refractivity contribution is 5.92. The van der Waals surface area contributed by atoms with Gasteiger partial charge in [0.1, 0.15) is 6.54 Å². The highest BCUT2D eigenvalue weighted by Crippen LogP contribution is 2.24. The number of rotatable bonds is 5. The molecule has 9 nitrogen and oxygen atoms in total. The van der Waals surface area contributed by atoms with Crippen LogP contribution < -0.4 is 20.8 Å². The van der Waals surface area contributed by atoms with Crippen molar-refractivity contribution in [3.63, 3.8) is 0 Å². The highest BCUT2D eigenvalue weighted by Gasteiger charge is 2.23. The Hall–Kier alpha value is -4.14. The zero-order valence-electron chi connectivity index (χ0n) is 20.2. The van der Waals surface area contributed by atoms with E-state index in [1.54, 1.807) is 12.4 Å². The smallest absolute Gasteiger partial charge is 0.350 e. The summed E-state index contributed by atoms with van der Waals surface area (Å²) in [6.45, 7) is 9.04. The van der Waals surface area contributed by atoms with E-state index in [0.717, 1.165) is 43.0 Å². The van der Waals surface area contributed by atoms with Crippen molar-refractivity contribution in [3.05, 3.63) is 82.0 Å². The van der Waals surface area contributed by atoms with Gasteiger partial charge in [-0.15, -0.1) is 5.10 Å². The van der Waals surface area contributed by atoms with Gasteiger partial charge in [-0.05, 0) is 43.5 Å². The van der Waals surface area contributed by atoms with Crippen molar-refractivity contribution in [3.8, 4) is 0 Å². The van der Waals surface area contributed by atoms with Crippen LogP contribution in [0.25, 0.3) is 5.65 Å². The molecule has 0 radical (unpaired) electrons. The number of aromatic nitrogens is 4. The number of carbonyl (C=O) groups excluding carboxylic acids is 1. The van der Waals surface area contributed by atoms with Gasteiger partial charge in [-0.3, -0.25) is 4.79 Å². The number of hydrogen-bond donors (Lipinski definition) is 1. The van der Waals surface area contributed by atoms with E-state index in [2.05, 4.69) is 56.4 Å². The molecule has 9 heteroatoms. The summed E-state index contributed by atoms with van der Waals surface area (Å²) in [5, 5.41) is 7.42. The molecular weight excluding hydrogens is 442 g/mol. The third-order valence-corrected chi connectivity index (χ3v) is 6.56. The maximum atomic E-state index is 13.0. The normalized spacial score (nSPS) is 13.9. The highest BCUT2D eigenvalue weighted by atomic mass is 16.2. The molecule has 0 bridgehead atoms. The van der Waals surface area contributed by atoms with E-state index in [9.17, 15) is 9.59 Å². The van der Waals surface area contributed by atoms with Gasteiger partial charge in [0.2, 0.25) is 11.6 Å². The first kappa shape index (κ1) is 22.6. The second-order valence-electron chi connectivity index (χ2n) is 8.96. The quantitative estimate of drug-likeness (QED) is 0.482. The Bertz CT molecular complexity index is 1430.